The largest absolute Gasteiger partial charge is 0.473 e. The zero-order valence-corrected chi connectivity index (χ0v) is 17.7. The summed E-state index contributed by atoms with van der Waals surface area (Å²) in [7, 11) is 0. The van der Waals surface area contributed by atoms with Gasteiger partial charge in [0.1, 0.15) is 17.7 Å². The molecule has 1 amide bonds. The molecule has 9 heteroatoms. The van der Waals surface area contributed by atoms with Crippen molar-refractivity contribution in [2.75, 3.05) is 6.61 Å². The molecule has 0 aromatic carbocycles. The molecule has 0 spiro atoms. The lowest BCUT2D eigenvalue weighted by Crippen LogP contribution is -2.37. The normalized spacial score (nSPS) is 19.5. The summed E-state index contributed by atoms with van der Waals surface area (Å²) in [5.41, 5.74) is 0.967. The number of nitrogens with one attached hydrogen (secondary N) is 1. The molecule has 3 rings (SSSR count). The van der Waals surface area contributed by atoms with Gasteiger partial charge >= 0.3 is 0 Å². The van der Waals surface area contributed by atoms with Gasteiger partial charge in [-0.3, -0.25) is 4.79 Å². The molecule has 1 saturated carbocycles. The van der Waals surface area contributed by atoms with E-state index in [1.54, 1.807) is 12.3 Å². The highest BCUT2D eigenvalue weighted by Gasteiger charge is 2.25. The van der Waals surface area contributed by atoms with Crippen molar-refractivity contribution < 1.29 is 14.3 Å². The number of carbonyl (C=O) groups is 1. The number of pyridine rings is 1. The lowest BCUT2D eigenvalue weighted by Gasteiger charge is -2.29. The third-order valence-corrected chi connectivity index (χ3v) is 4.98. The molecule has 1 aliphatic rings. The Morgan fingerprint density at radius 1 is 1.23 bits per heavy atom. The summed E-state index contributed by atoms with van der Waals surface area (Å²) in [5, 5.41) is 12.8. The number of halogens is 1. The Hall–Kier alpha value is -2.76. The summed E-state index contributed by atoms with van der Waals surface area (Å²) in [5.74, 6) is 0.706. The SMILES string of the molecule is CC(=O)N[C@@H](C)CO[C@H]1CC[C@H](Oc2ncc(-c3ncc(Cl)cn3)cc2C#N)CC1. The second kappa shape index (κ2) is 10.3. The Morgan fingerprint density at radius 3 is 2.53 bits per heavy atom. The Balaban J connectivity index is 1.54. The average Bonchev–Trinajstić information content (AvgIpc) is 2.73. The Morgan fingerprint density at radius 2 is 1.90 bits per heavy atom. The van der Waals surface area contributed by atoms with Crippen molar-refractivity contribution in [3.05, 3.63) is 35.2 Å². The number of hydrogen-bond acceptors (Lipinski definition) is 7. The topological polar surface area (TPSA) is 110 Å². The van der Waals surface area contributed by atoms with E-state index in [9.17, 15) is 10.1 Å². The van der Waals surface area contributed by atoms with Crippen LogP contribution >= 0.6 is 11.6 Å². The molecule has 1 fully saturated rings. The smallest absolute Gasteiger partial charge is 0.231 e. The van der Waals surface area contributed by atoms with Gasteiger partial charge in [0.15, 0.2) is 5.82 Å². The zero-order chi connectivity index (χ0) is 21.5. The van der Waals surface area contributed by atoms with Crippen LogP contribution in [0.4, 0.5) is 0 Å². The van der Waals surface area contributed by atoms with Crippen molar-refractivity contribution in [1.82, 2.24) is 20.3 Å². The molecule has 158 valence electrons. The minimum atomic E-state index is -0.0577. The maximum Gasteiger partial charge on any atom is 0.231 e. The second-order valence-electron chi connectivity index (χ2n) is 7.36. The minimum Gasteiger partial charge on any atom is -0.473 e. The summed E-state index contributed by atoms with van der Waals surface area (Å²) in [6.07, 6.45) is 8.06. The van der Waals surface area contributed by atoms with Crippen molar-refractivity contribution in [2.24, 2.45) is 0 Å². The molecular weight excluding hydrogens is 406 g/mol. The highest BCUT2D eigenvalue weighted by Crippen LogP contribution is 2.28. The average molecular weight is 430 g/mol. The number of ether oxygens (including phenoxy) is 2. The van der Waals surface area contributed by atoms with E-state index in [1.165, 1.54) is 19.3 Å². The molecule has 0 bridgehead atoms. The van der Waals surface area contributed by atoms with Gasteiger partial charge in [-0.15, -0.1) is 0 Å². The molecule has 1 aliphatic carbocycles. The van der Waals surface area contributed by atoms with Crippen molar-refractivity contribution in [2.45, 2.75) is 57.8 Å². The Labute approximate surface area is 180 Å². The number of carbonyl (C=O) groups excluding carboxylic acids is 1. The van der Waals surface area contributed by atoms with Gasteiger partial charge in [-0.2, -0.15) is 5.26 Å². The van der Waals surface area contributed by atoms with Crippen LogP contribution in [0.15, 0.2) is 24.7 Å². The van der Waals surface area contributed by atoms with Crippen molar-refractivity contribution in [3.8, 4) is 23.3 Å². The Kier molecular flexibility index (Phi) is 7.55. The number of nitrogens with zero attached hydrogens (tertiary/aromatic N) is 4. The molecule has 2 aromatic rings. The summed E-state index contributed by atoms with van der Waals surface area (Å²) in [4.78, 5) is 23.7. The van der Waals surface area contributed by atoms with Crippen molar-refractivity contribution >= 4 is 17.5 Å². The number of nitriles is 1. The van der Waals surface area contributed by atoms with Crippen molar-refractivity contribution in [1.29, 1.82) is 5.26 Å². The van der Waals surface area contributed by atoms with Crippen LogP contribution in [0.1, 0.15) is 45.1 Å². The molecule has 2 aromatic heterocycles. The standard InChI is InChI=1S/C21H24ClN5O3/c1-13(27-14(2)28)12-29-18-3-5-19(6-4-18)30-21-15(8-23)7-16(9-26-21)20-24-10-17(22)11-25-20/h7,9-11,13,18-19H,3-6,12H2,1-2H3,(H,27,28)/t13-,18-,19-/m0/s1. The number of amides is 1. The zero-order valence-electron chi connectivity index (χ0n) is 17.0. The first-order valence-electron chi connectivity index (χ1n) is 9.88. The molecule has 0 aliphatic heterocycles. The molecule has 0 radical (unpaired) electrons. The van der Waals surface area contributed by atoms with E-state index in [4.69, 9.17) is 21.1 Å². The van der Waals surface area contributed by atoms with E-state index in [1.807, 2.05) is 6.92 Å². The predicted molar refractivity (Wildman–Crippen MR) is 111 cm³/mol. The lowest BCUT2D eigenvalue weighted by molar-refractivity contribution is -0.120. The highest BCUT2D eigenvalue weighted by atomic mass is 35.5. The number of aromatic nitrogens is 3. The van der Waals surface area contributed by atoms with Crippen LogP contribution in [0, 0.1) is 11.3 Å². The van der Waals surface area contributed by atoms with Crippen LogP contribution in [0.3, 0.4) is 0 Å². The summed E-state index contributed by atoms with van der Waals surface area (Å²) < 4.78 is 11.9. The maximum absolute atomic E-state index is 11.1. The quantitative estimate of drug-likeness (QED) is 0.718. The molecule has 30 heavy (non-hydrogen) atoms. The van der Waals surface area contributed by atoms with E-state index in [0.717, 1.165) is 25.7 Å². The van der Waals surface area contributed by atoms with Crippen LogP contribution in [-0.4, -0.2) is 45.7 Å². The minimum absolute atomic E-state index is 0.0120. The first kappa shape index (κ1) is 21.9. The van der Waals surface area contributed by atoms with Crippen LogP contribution in [0.5, 0.6) is 5.88 Å². The van der Waals surface area contributed by atoms with Crippen LogP contribution in [0.25, 0.3) is 11.4 Å². The molecule has 0 unspecified atom stereocenters. The summed E-state index contributed by atoms with van der Waals surface area (Å²) in [6.45, 7) is 3.91. The van der Waals surface area contributed by atoms with E-state index in [2.05, 4.69) is 26.3 Å². The molecule has 1 atom stereocenters. The number of hydrogen-bond donors (Lipinski definition) is 1. The third-order valence-electron chi connectivity index (χ3n) is 4.78. The van der Waals surface area contributed by atoms with Gasteiger partial charge in [-0.1, -0.05) is 11.6 Å². The number of rotatable bonds is 7. The highest BCUT2D eigenvalue weighted by molar-refractivity contribution is 6.30. The van der Waals surface area contributed by atoms with E-state index in [0.29, 0.717) is 34.5 Å². The fourth-order valence-electron chi connectivity index (χ4n) is 3.35. The lowest BCUT2D eigenvalue weighted by atomic mass is 9.95. The first-order valence-corrected chi connectivity index (χ1v) is 10.3. The molecule has 1 N–H and O–H groups in total. The van der Waals surface area contributed by atoms with E-state index < -0.39 is 0 Å². The van der Waals surface area contributed by atoms with Gasteiger partial charge in [0.2, 0.25) is 11.8 Å². The van der Waals surface area contributed by atoms with Gasteiger partial charge in [-0.05, 0) is 38.7 Å². The monoisotopic (exact) mass is 429 g/mol. The summed E-state index contributed by atoms with van der Waals surface area (Å²) in [6, 6.07) is 3.79. The maximum atomic E-state index is 11.1. The van der Waals surface area contributed by atoms with Crippen LogP contribution in [0.2, 0.25) is 5.02 Å². The van der Waals surface area contributed by atoms with Crippen molar-refractivity contribution in [3.63, 3.8) is 0 Å². The fraction of sp³-hybridized carbons (Fsp3) is 0.476. The van der Waals surface area contributed by atoms with E-state index in [-0.39, 0.29) is 24.2 Å². The molecule has 0 saturated heterocycles. The van der Waals surface area contributed by atoms with Gasteiger partial charge in [0, 0.05) is 37.1 Å². The van der Waals surface area contributed by atoms with Gasteiger partial charge < -0.3 is 14.8 Å². The fourth-order valence-corrected chi connectivity index (χ4v) is 3.45. The molecule has 8 nitrogen and oxygen atoms in total. The van der Waals surface area contributed by atoms with Crippen LogP contribution < -0.4 is 10.1 Å². The summed E-state index contributed by atoms with van der Waals surface area (Å²) >= 11 is 5.82. The van der Waals surface area contributed by atoms with E-state index >= 15 is 0 Å². The van der Waals surface area contributed by atoms with Crippen LogP contribution in [-0.2, 0) is 9.53 Å². The molecule has 2 heterocycles. The first-order chi connectivity index (χ1) is 14.4. The predicted octanol–water partition coefficient (Wildman–Crippen LogP) is 3.29. The Bertz CT molecular complexity index is 908. The molecular formula is C21H24ClN5O3. The van der Waals surface area contributed by atoms with Gasteiger partial charge in [0.25, 0.3) is 0 Å². The third kappa shape index (κ3) is 6.12. The van der Waals surface area contributed by atoms with Gasteiger partial charge in [0.05, 0.1) is 17.7 Å². The second-order valence-corrected chi connectivity index (χ2v) is 7.80. The van der Waals surface area contributed by atoms with Gasteiger partial charge in [-0.25, -0.2) is 15.0 Å².